The highest BCUT2D eigenvalue weighted by Gasteiger charge is 2.15. The van der Waals surface area contributed by atoms with Crippen LogP contribution in [0.5, 0.6) is 0 Å². The zero-order valence-electron chi connectivity index (χ0n) is 10.4. The maximum absolute atomic E-state index is 11.8. The van der Waals surface area contributed by atoms with E-state index in [-0.39, 0.29) is 11.2 Å². The summed E-state index contributed by atoms with van der Waals surface area (Å²) in [6.45, 7) is 2.83. The number of ether oxygens (including phenoxy) is 1. The number of rotatable bonds is 6. The monoisotopic (exact) mass is 288 g/mol. The van der Waals surface area contributed by atoms with Gasteiger partial charge in [-0.3, -0.25) is 4.79 Å². The number of nitrogens with two attached hydrogens (primary N) is 1. The third kappa shape index (κ3) is 4.76. The molecule has 4 nitrogen and oxygen atoms in total. The van der Waals surface area contributed by atoms with Gasteiger partial charge in [0.2, 0.25) is 5.91 Å². The molecule has 0 heterocycles. The summed E-state index contributed by atoms with van der Waals surface area (Å²) < 4.78 is 4.87. The van der Waals surface area contributed by atoms with Crippen LogP contribution in [0.25, 0.3) is 0 Å². The molecule has 1 amide bonds. The molecule has 0 saturated carbocycles. The lowest BCUT2D eigenvalue weighted by atomic mass is 10.3. The van der Waals surface area contributed by atoms with Crippen molar-refractivity contribution >= 4 is 35.0 Å². The standard InChI is InChI=1S/C12H17ClN2O2S/c1-8(12(16)15-5-6-17-2)18-11-7-9(13)3-4-10(11)14/h3-4,7-8H,5-6,14H2,1-2H3,(H,15,16). The molecular formula is C12H17ClN2O2S. The van der Waals surface area contributed by atoms with E-state index >= 15 is 0 Å². The molecule has 0 radical (unpaired) electrons. The lowest BCUT2D eigenvalue weighted by molar-refractivity contribution is -0.120. The highest BCUT2D eigenvalue weighted by molar-refractivity contribution is 8.00. The van der Waals surface area contributed by atoms with Crippen LogP contribution in [0.15, 0.2) is 23.1 Å². The number of halogens is 1. The summed E-state index contributed by atoms with van der Waals surface area (Å²) in [5.74, 6) is -0.0450. The van der Waals surface area contributed by atoms with Gasteiger partial charge in [-0.15, -0.1) is 11.8 Å². The average molecular weight is 289 g/mol. The zero-order valence-corrected chi connectivity index (χ0v) is 12.0. The summed E-state index contributed by atoms with van der Waals surface area (Å²) in [5.41, 5.74) is 6.45. The van der Waals surface area contributed by atoms with Crippen molar-refractivity contribution in [3.8, 4) is 0 Å². The molecule has 0 spiro atoms. The number of thioether (sulfide) groups is 1. The van der Waals surface area contributed by atoms with Crippen molar-refractivity contribution in [2.24, 2.45) is 0 Å². The molecule has 1 rings (SSSR count). The first-order chi connectivity index (χ1) is 8.54. The van der Waals surface area contributed by atoms with Gasteiger partial charge in [-0.05, 0) is 25.1 Å². The van der Waals surface area contributed by atoms with E-state index in [9.17, 15) is 4.79 Å². The first-order valence-electron chi connectivity index (χ1n) is 5.53. The van der Waals surface area contributed by atoms with Gasteiger partial charge in [0.15, 0.2) is 0 Å². The minimum atomic E-state index is -0.234. The highest BCUT2D eigenvalue weighted by Crippen LogP contribution is 2.31. The molecule has 6 heteroatoms. The molecule has 1 aromatic rings. The third-order valence-electron chi connectivity index (χ3n) is 2.25. The van der Waals surface area contributed by atoms with Gasteiger partial charge < -0.3 is 15.8 Å². The quantitative estimate of drug-likeness (QED) is 0.478. The smallest absolute Gasteiger partial charge is 0.233 e. The Morgan fingerprint density at radius 1 is 1.61 bits per heavy atom. The maximum atomic E-state index is 11.8. The fourth-order valence-corrected chi connectivity index (χ4v) is 2.48. The average Bonchev–Trinajstić information content (AvgIpc) is 2.34. The summed E-state index contributed by atoms with van der Waals surface area (Å²) in [7, 11) is 1.59. The van der Waals surface area contributed by atoms with E-state index in [0.29, 0.717) is 23.9 Å². The predicted molar refractivity (Wildman–Crippen MR) is 76.1 cm³/mol. The lowest BCUT2D eigenvalue weighted by Gasteiger charge is -2.13. The van der Waals surface area contributed by atoms with Crippen molar-refractivity contribution in [3.05, 3.63) is 23.2 Å². The highest BCUT2D eigenvalue weighted by atomic mass is 35.5. The van der Waals surface area contributed by atoms with E-state index in [1.54, 1.807) is 25.3 Å². The molecule has 1 aromatic carbocycles. The van der Waals surface area contributed by atoms with E-state index in [2.05, 4.69) is 5.32 Å². The number of amides is 1. The Hall–Kier alpha value is -0.910. The van der Waals surface area contributed by atoms with Crippen LogP contribution >= 0.6 is 23.4 Å². The van der Waals surface area contributed by atoms with E-state index in [0.717, 1.165) is 4.90 Å². The van der Waals surface area contributed by atoms with Crippen molar-refractivity contribution in [3.63, 3.8) is 0 Å². The molecular weight excluding hydrogens is 272 g/mol. The Labute approximate surface area is 116 Å². The number of methoxy groups -OCH3 is 1. The number of nitrogens with one attached hydrogen (secondary N) is 1. The van der Waals surface area contributed by atoms with Gasteiger partial charge in [0.25, 0.3) is 0 Å². The van der Waals surface area contributed by atoms with Gasteiger partial charge in [-0.2, -0.15) is 0 Å². The molecule has 0 aliphatic heterocycles. The minimum Gasteiger partial charge on any atom is -0.398 e. The summed E-state index contributed by atoms with van der Waals surface area (Å²) >= 11 is 7.28. The lowest BCUT2D eigenvalue weighted by Crippen LogP contribution is -2.33. The molecule has 0 saturated heterocycles. The van der Waals surface area contributed by atoms with Gasteiger partial charge in [0.1, 0.15) is 0 Å². The minimum absolute atomic E-state index is 0.0450. The van der Waals surface area contributed by atoms with E-state index in [1.807, 2.05) is 6.92 Å². The number of hydrogen-bond acceptors (Lipinski definition) is 4. The molecule has 3 N–H and O–H groups in total. The van der Waals surface area contributed by atoms with Crippen LogP contribution in [-0.2, 0) is 9.53 Å². The zero-order chi connectivity index (χ0) is 13.5. The molecule has 18 heavy (non-hydrogen) atoms. The van der Waals surface area contributed by atoms with Crippen LogP contribution in [0.1, 0.15) is 6.92 Å². The van der Waals surface area contributed by atoms with Crippen molar-refractivity contribution < 1.29 is 9.53 Å². The van der Waals surface area contributed by atoms with Crippen LogP contribution in [0.2, 0.25) is 5.02 Å². The number of benzene rings is 1. The first-order valence-corrected chi connectivity index (χ1v) is 6.78. The van der Waals surface area contributed by atoms with E-state index in [4.69, 9.17) is 22.1 Å². The Morgan fingerprint density at radius 2 is 2.33 bits per heavy atom. The van der Waals surface area contributed by atoms with Crippen molar-refractivity contribution in [2.45, 2.75) is 17.1 Å². The summed E-state index contributed by atoms with van der Waals surface area (Å²) in [6.07, 6.45) is 0. The summed E-state index contributed by atoms with van der Waals surface area (Å²) in [5, 5.41) is 3.16. The molecule has 0 aromatic heterocycles. The number of nitrogen functional groups attached to an aromatic ring is 1. The second kappa shape index (κ2) is 7.51. The molecule has 100 valence electrons. The van der Waals surface area contributed by atoms with Gasteiger partial charge in [-0.25, -0.2) is 0 Å². The number of carbonyl (C=O) groups is 1. The SMILES string of the molecule is COCCNC(=O)C(C)Sc1cc(Cl)ccc1N. The van der Waals surface area contributed by atoms with Crippen LogP contribution in [0, 0.1) is 0 Å². The van der Waals surface area contributed by atoms with Gasteiger partial charge in [0.05, 0.1) is 11.9 Å². The van der Waals surface area contributed by atoms with Crippen LogP contribution in [-0.4, -0.2) is 31.4 Å². The largest absolute Gasteiger partial charge is 0.398 e. The van der Waals surface area contributed by atoms with Crippen molar-refractivity contribution in [2.75, 3.05) is 26.0 Å². The van der Waals surface area contributed by atoms with Crippen LogP contribution in [0.4, 0.5) is 5.69 Å². The van der Waals surface area contributed by atoms with Gasteiger partial charge >= 0.3 is 0 Å². The second-order valence-corrected chi connectivity index (χ2v) is 5.55. The topological polar surface area (TPSA) is 64.3 Å². The molecule has 0 aliphatic carbocycles. The second-order valence-electron chi connectivity index (χ2n) is 3.73. The first kappa shape index (κ1) is 15.1. The summed E-state index contributed by atoms with van der Waals surface area (Å²) in [4.78, 5) is 12.6. The van der Waals surface area contributed by atoms with Gasteiger partial charge in [0, 0.05) is 29.3 Å². The van der Waals surface area contributed by atoms with Gasteiger partial charge in [-0.1, -0.05) is 11.6 Å². The molecule has 1 atom stereocenters. The maximum Gasteiger partial charge on any atom is 0.233 e. The fourth-order valence-electron chi connectivity index (χ4n) is 1.27. The normalized spacial score (nSPS) is 12.2. The third-order valence-corrected chi connectivity index (χ3v) is 3.66. The Balaban J connectivity index is 2.55. The Kier molecular flexibility index (Phi) is 6.32. The van der Waals surface area contributed by atoms with Crippen LogP contribution in [0.3, 0.4) is 0 Å². The van der Waals surface area contributed by atoms with E-state index < -0.39 is 0 Å². The Bertz CT molecular complexity index is 415. The fraction of sp³-hybridized carbons (Fsp3) is 0.417. The van der Waals surface area contributed by atoms with Crippen LogP contribution < -0.4 is 11.1 Å². The number of anilines is 1. The molecule has 1 unspecified atom stereocenters. The molecule has 0 fully saturated rings. The predicted octanol–water partition coefficient (Wildman–Crippen LogP) is 2.17. The number of hydrogen-bond donors (Lipinski definition) is 2. The summed E-state index contributed by atoms with van der Waals surface area (Å²) in [6, 6.07) is 5.23. The Morgan fingerprint density at radius 3 is 3.00 bits per heavy atom. The van der Waals surface area contributed by atoms with E-state index in [1.165, 1.54) is 11.8 Å². The van der Waals surface area contributed by atoms with Crippen molar-refractivity contribution in [1.29, 1.82) is 0 Å². The molecule has 0 bridgehead atoms. The molecule has 0 aliphatic rings. The van der Waals surface area contributed by atoms with Crippen molar-refractivity contribution in [1.82, 2.24) is 5.32 Å². The number of carbonyl (C=O) groups excluding carboxylic acids is 1.